The maximum absolute atomic E-state index is 11.4. The Morgan fingerprint density at radius 2 is 1.96 bits per heavy atom. The molecule has 0 atom stereocenters. The molecule has 0 fully saturated rings. The second-order valence-electron chi connectivity index (χ2n) is 5.21. The number of nitrogens with one attached hydrogen (secondary N) is 3. The Hall–Kier alpha value is -2.06. The van der Waals surface area contributed by atoms with Gasteiger partial charge < -0.3 is 10.6 Å². The fourth-order valence-corrected chi connectivity index (χ4v) is 3.44. The van der Waals surface area contributed by atoms with Crippen molar-refractivity contribution in [2.45, 2.75) is 13.0 Å². The molecule has 2 rings (SSSR count). The summed E-state index contributed by atoms with van der Waals surface area (Å²) in [6, 6.07) is 11.4. The molecule has 0 radical (unpaired) electrons. The zero-order chi connectivity index (χ0) is 17.4. The minimum Gasteiger partial charge on any atom is -0.356 e. The number of anilines is 1. The maximum atomic E-state index is 11.4. The van der Waals surface area contributed by atoms with Gasteiger partial charge in [-0.15, -0.1) is 11.3 Å². The van der Waals surface area contributed by atoms with Crippen LogP contribution in [0.25, 0.3) is 0 Å². The van der Waals surface area contributed by atoms with Crippen LogP contribution < -0.4 is 15.4 Å². The summed E-state index contributed by atoms with van der Waals surface area (Å²) in [6.45, 7) is 1.25. The van der Waals surface area contributed by atoms with E-state index in [0.717, 1.165) is 24.8 Å². The Bertz CT molecular complexity index is 771. The van der Waals surface area contributed by atoms with Gasteiger partial charge in [0, 0.05) is 25.0 Å². The molecule has 8 heteroatoms. The van der Waals surface area contributed by atoms with Gasteiger partial charge in [0.05, 0.1) is 11.9 Å². The molecule has 0 spiro atoms. The summed E-state index contributed by atoms with van der Waals surface area (Å²) < 4.78 is 25.4. The summed E-state index contributed by atoms with van der Waals surface area (Å²) >= 11 is 1.73. The highest BCUT2D eigenvalue weighted by molar-refractivity contribution is 7.92. The summed E-state index contributed by atoms with van der Waals surface area (Å²) in [6.07, 6.45) is 2.08. The molecule has 3 N–H and O–H groups in total. The Morgan fingerprint density at radius 3 is 2.62 bits per heavy atom. The molecular formula is C16H22N4O2S2. The Balaban J connectivity index is 1.89. The molecule has 130 valence electrons. The lowest BCUT2D eigenvalue weighted by Gasteiger charge is -2.14. The van der Waals surface area contributed by atoms with Crippen LogP contribution in [0.2, 0.25) is 0 Å². The Kier molecular flexibility index (Phi) is 6.62. The van der Waals surface area contributed by atoms with Gasteiger partial charge in [-0.25, -0.2) is 8.42 Å². The molecule has 0 aliphatic carbocycles. The quantitative estimate of drug-likeness (QED) is 0.517. The molecule has 0 unspecified atom stereocenters. The lowest BCUT2D eigenvalue weighted by molar-refractivity contribution is 0.606. The Morgan fingerprint density at radius 1 is 1.17 bits per heavy atom. The number of aliphatic imine (C=N–C) groups is 1. The van der Waals surface area contributed by atoms with E-state index >= 15 is 0 Å². The summed E-state index contributed by atoms with van der Waals surface area (Å²) in [5.41, 5.74) is 1.42. The first-order valence-electron chi connectivity index (χ1n) is 7.50. The third-order valence-electron chi connectivity index (χ3n) is 3.23. The van der Waals surface area contributed by atoms with Crippen molar-refractivity contribution in [1.82, 2.24) is 10.6 Å². The van der Waals surface area contributed by atoms with Crippen LogP contribution in [0.15, 0.2) is 46.8 Å². The third-order valence-corrected chi connectivity index (χ3v) is 4.75. The molecule has 24 heavy (non-hydrogen) atoms. The molecule has 0 amide bonds. The van der Waals surface area contributed by atoms with E-state index in [1.165, 1.54) is 4.88 Å². The van der Waals surface area contributed by atoms with Crippen LogP contribution in [-0.4, -0.2) is 34.2 Å². The normalized spacial score (nSPS) is 12.0. The minimum absolute atomic E-state index is 0.470. The summed E-state index contributed by atoms with van der Waals surface area (Å²) in [7, 11) is -1.60. The highest BCUT2D eigenvalue weighted by Gasteiger charge is 2.07. The number of guanidine groups is 1. The number of sulfonamides is 1. The highest BCUT2D eigenvalue weighted by Crippen LogP contribution is 2.15. The van der Waals surface area contributed by atoms with Crippen molar-refractivity contribution in [2.24, 2.45) is 4.99 Å². The van der Waals surface area contributed by atoms with E-state index < -0.39 is 10.0 Å². The molecule has 0 aliphatic heterocycles. The van der Waals surface area contributed by atoms with Crippen LogP contribution in [-0.2, 0) is 23.0 Å². The average molecular weight is 367 g/mol. The monoisotopic (exact) mass is 366 g/mol. The summed E-state index contributed by atoms with van der Waals surface area (Å²) in [5, 5.41) is 8.52. The largest absolute Gasteiger partial charge is 0.356 e. The highest BCUT2D eigenvalue weighted by atomic mass is 32.2. The van der Waals surface area contributed by atoms with Crippen molar-refractivity contribution in [3.05, 3.63) is 52.2 Å². The molecule has 1 aromatic heterocycles. The van der Waals surface area contributed by atoms with Gasteiger partial charge in [0.25, 0.3) is 0 Å². The molecule has 2 aromatic rings. The molecule has 0 aliphatic rings. The van der Waals surface area contributed by atoms with Gasteiger partial charge in [0.15, 0.2) is 5.96 Å². The molecular weight excluding hydrogens is 344 g/mol. The zero-order valence-electron chi connectivity index (χ0n) is 13.7. The SMILES string of the molecule is CN=C(NCCc1cccs1)NCc1ccccc1NS(C)(=O)=O. The first kappa shape index (κ1) is 18.3. The maximum Gasteiger partial charge on any atom is 0.229 e. The van der Waals surface area contributed by atoms with Gasteiger partial charge >= 0.3 is 0 Å². The number of benzene rings is 1. The third kappa shape index (κ3) is 6.21. The van der Waals surface area contributed by atoms with Crippen LogP contribution in [0.4, 0.5) is 5.69 Å². The molecule has 0 saturated heterocycles. The van der Waals surface area contributed by atoms with Crippen LogP contribution in [0, 0.1) is 0 Å². The van der Waals surface area contributed by atoms with E-state index in [2.05, 4.69) is 31.8 Å². The number of nitrogens with zero attached hydrogens (tertiary/aromatic N) is 1. The fraction of sp³-hybridized carbons (Fsp3) is 0.312. The van der Waals surface area contributed by atoms with Gasteiger partial charge in [0.1, 0.15) is 0 Å². The number of hydrogen-bond acceptors (Lipinski definition) is 4. The molecule has 6 nitrogen and oxygen atoms in total. The van der Waals surface area contributed by atoms with Crippen LogP contribution in [0.5, 0.6) is 0 Å². The predicted molar refractivity (Wildman–Crippen MR) is 101 cm³/mol. The second kappa shape index (κ2) is 8.70. The zero-order valence-corrected chi connectivity index (χ0v) is 15.4. The molecule has 1 aromatic carbocycles. The van der Waals surface area contributed by atoms with Crippen molar-refractivity contribution in [3.8, 4) is 0 Å². The minimum atomic E-state index is -3.31. The number of thiophene rings is 1. The standard InChI is InChI=1S/C16H22N4O2S2/c1-17-16(18-10-9-14-7-5-11-23-14)19-12-13-6-3-4-8-15(13)20-24(2,21)22/h3-8,11,20H,9-10,12H2,1-2H3,(H2,17,18,19). The van der Waals surface area contributed by atoms with E-state index in [4.69, 9.17) is 0 Å². The van der Waals surface area contributed by atoms with Gasteiger partial charge in [-0.1, -0.05) is 24.3 Å². The van der Waals surface area contributed by atoms with Crippen molar-refractivity contribution in [2.75, 3.05) is 24.6 Å². The summed E-state index contributed by atoms with van der Waals surface area (Å²) in [4.78, 5) is 5.51. The van der Waals surface area contributed by atoms with Gasteiger partial charge in [-0.2, -0.15) is 0 Å². The van der Waals surface area contributed by atoms with Crippen molar-refractivity contribution < 1.29 is 8.42 Å². The number of hydrogen-bond donors (Lipinski definition) is 3. The topological polar surface area (TPSA) is 82.6 Å². The van der Waals surface area contributed by atoms with E-state index in [1.54, 1.807) is 30.5 Å². The Labute approximate surface area is 147 Å². The van der Waals surface area contributed by atoms with E-state index in [1.807, 2.05) is 18.2 Å². The molecule has 1 heterocycles. The smallest absolute Gasteiger partial charge is 0.229 e. The lowest BCUT2D eigenvalue weighted by atomic mass is 10.2. The predicted octanol–water partition coefficient (Wildman–Crippen LogP) is 2.03. The fourth-order valence-electron chi connectivity index (χ4n) is 2.13. The first-order valence-corrected chi connectivity index (χ1v) is 10.3. The average Bonchev–Trinajstić information content (AvgIpc) is 3.04. The van der Waals surface area contributed by atoms with Crippen LogP contribution >= 0.6 is 11.3 Å². The number of para-hydroxylation sites is 1. The van der Waals surface area contributed by atoms with Gasteiger partial charge in [-0.3, -0.25) is 9.71 Å². The van der Waals surface area contributed by atoms with Gasteiger partial charge in [-0.05, 0) is 29.5 Å². The molecule has 0 saturated carbocycles. The lowest BCUT2D eigenvalue weighted by Crippen LogP contribution is -2.38. The van der Waals surface area contributed by atoms with Crippen LogP contribution in [0.3, 0.4) is 0 Å². The van der Waals surface area contributed by atoms with Crippen molar-refractivity contribution in [1.29, 1.82) is 0 Å². The molecule has 0 bridgehead atoms. The first-order chi connectivity index (χ1) is 11.5. The van der Waals surface area contributed by atoms with E-state index in [-0.39, 0.29) is 0 Å². The van der Waals surface area contributed by atoms with E-state index in [9.17, 15) is 8.42 Å². The van der Waals surface area contributed by atoms with Crippen molar-refractivity contribution in [3.63, 3.8) is 0 Å². The van der Waals surface area contributed by atoms with Crippen molar-refractivity contribution >= 4 is 33.0 Å². The second-order valence-corrected chi connectivity index (χ2v) is 7.99. The summed E-state index contributed by atoms with van der Waals surface area (Å²) in [5.74, 6) is 0.681. The van der Waals surface area contributed by atoms with Crippen LogP contribution in [0.1, 0.15) is 10.4 Å². The van der Waals surface area contributed by atoms with E-state index in [0.29, 0.717) is 18.2 Å². The number of rotatable bonds is 7. The van der Waals surface area contributed by atoms with Gasteiger partial charge in [0.2, 0.25) is 10.0 Å².